The number of hydrogen-bond donors (Lipinski definition) is 3. The van der Waals surface area contributed by atoms with Crippen LogP contribution in [0.4, 0.5) is 9.18 Å². The van der Waals surface area contributed by atoms with Crippen molar-refractivity contribution in [2.24, 2.45) is 5.14 Å². The van der Waals surface area contributed by atoms with Gasteiger partial charge in [0, 0.05) is 24.2 Å². The lowest BCUT2D eigenvalue weighted by atomic mass is 9.94. The average molecular weight is 562 g/mol. The first-order valence-electron chi connectivity index (χ1n) is 12.3. The summed E-state index contributed by atoms with van der Waals surface area (Å²) in [6.07, 6.45) is -0.624. The predicted molar refractivity (Wildman–Crippen MR) is 149 cm³/mol. The van der Waals surface area contributed by atoms with Crippen LogP contribution in [0.15, 0.2) is 95.9 Å². The molecule has 4 N–H and O–H groups in total. The molecule has 206 valence electrons. The molecule has 0 heterocycles. The molecule has 4 rings (SSSR count). The summed E-state index contributed by atoms with van der Waals surface area (Å²) in [6.45, 7) is 1.83. The van der Waals surface area contributed by atoms with Gasteiger partial charge in [0.1, 0.15) is 12.4 Å². The average Bonchev–Trinajstić information content (AvgIpc) is 2.94. The first-order valence-corrected chi connectivity index (χ1v) is 13.9. The topological polar surface area (TPSA) is 128 Å². The van der Waals surface area contributed by atoms with Crippen LogP contribution in [0.5, 0.6) is 0 Å². The number of sulfonamides is 1. The van der Waals surface area contributed by atoms with Crippen molar-refractivity contribution in [3.05, 3.63) is 125 Å². The van der Waals surface area contributed by atoms with Crippen molar-refractivity contribution in [3.8, 4) is 11.1 Å². The summed E-state index contributed by atoms with van der Waals surface area (Å²) in [5.74, 6) is -1.08. The molecule has 0 spiro atoms. The molecule has 2 amide bonds. The fourth-order valence-electron chi connectivity index (χ4n) is 4.07. The molecule has 0 radical (unpaired) electrons. The normalized spacial score (nSPS) is 11.1. The maximum Gasteiger partial charge on any atom is 0.407 e. The van der Waals surface area contributed by atoms with Gasteiger partial charge in [-0.25, -0.2) is 22.7 Å². The highest BCUT2D eigenvalue weighted by atomic mass is 32.2. The Morgan fingerprint density at radius 2 is 1.52 bits per heavy atom. The van der Waals surface area contributed by atoms with E-state index < -0.39 is 27.8 Å². The molecule has 4 aromatic carbocycles. The summed E-state index contributed by atoms with van der Waals surface area (Å²) in [7, 11) is -4.11. The van der Waals surface area contributed by atoms with E-state index in [1.807, 2.05) is 30.3 Å². The fraction of sp³-hybridized carbons (Fsp3) is 0.133. The Morgan fingerprint density at radius 1 is 0.825 bits per heavy atom. The van der Waals surface area contributed by atoms with Crippen molar-refractivity contribution >= 4 is 22.0 Å². The standard InChI is InChI=1S/C30H28FN3O5S/c1-20-11-12-23(28(31)15-20)18-33-29(35)27-16-24(40(32,37)38)13-14-26(27)25-10-6-5-9-22(25)17-34-30(36)39-19-21-7-3-2-4-8-21/h2-16H,17-19H2,1H3,(H,33,35)(H,34,36)(H2,32,37,38). The van der Waals surface area contributed by atoms with Gasteiger partial charge in [-0.05, 0) is 52.9 Å². The van der Waals surface area contributed by atoms with Crippen LogP contribution in [0.25, 0.3) is 11.1 Å². The van der Waals surface area contributed by atoms with Gasteiger partial charge in [-0.2, -0.15) is 0 Å². The first-order chi connectivity index (χ1) is 19.1. The molecule has 0 aliphatic rings. The smallest absolute Gasteiger partial charge is 0.407 e. The van der Waals surface area contributed by atoms with E-state index >= 15 is 0 Å². The number of benzene rings is 4. The molecule has 4 aromatic rings. The fourth-order valence-corrected chi connectivity index (χ4v) is 4.61. The van der Waals surface area contributed by atoms with E-state index in [1.54, 1.807) is 43.3 Å². The van der Waals surface area contributed by atoms with Crippen LogP contribution < -0.4 is 15.8 Å². The molecular weight excluding hydrogens is 533 g/mol. The van der Waals surface area contributed by atoms with Gasteiger partial charge in [0.05, 0.1) is 4.90 Å². The second-order valence-corrected chi connectivity index (χ2v) is 10.7. The highest BCUT2D eigenvalue weighted by Crippen LogP contribution is 2.29. The number of nitrogens with two attached hydrogens (primary N) is 1. The lowest BCUT2D eigenvalue weighted by Crippen LogP contribution is -2.25. The summed E-state index contributed by atoms with van der Waals surface area (Å²) in [4.78, 5) is 25.4. The quantitative estimate of drug-likeness (QED) is 0.270. The molecule has 40 heavy (non-hydrogen) atoms. The van der Waals surface area contributed by atoms with Crippen LogP contribution in [-0.2, 0) is 34.5 Å². The Bertz CT molecular complexity index is 1640. The number of halogens is 1. The van der Waals surface area contributed by atoms with E-state index in [2.05, 4.69) is 10.6 Å². The van der Waals surface area contributed by atoms with Crippen molar-refractivity contribution < 1.29 is 27.1 Å². The molecule has 10 heteroatoms. The van der Waals surface area contributed by atoms with Crippen molar-refractivity contribution in [2.75, 3.05) is 0 Å². The lowest BCUT2D eigenvalue weighted by molar-refractivity contribution is 0.0951. The number of ether oxygens (including phenoxy) is 1. The number of carbonyl (C=O) groups excluding carboxylic acids is 2. The minimum Gasteiger partial charge on any atom is -0.445 e. The largest absolute Gasteiger partial charge is 0.445 e. The number of primary sulfonamides is 1. The van der Waals surface area contributed by atoms with Crippen LogP contribution in [0.2, 0.25) is 0 Å². The Morgan fingerprint density at radius 3 is 2.25 bits per heavy atom. The van der Waals surface area contributed by atoms with E-state index in [9.17, 15) is 22.4 Å². The predicted octanol–water partition coefficient (Wildman–Crippen LogP) is 4.80. The maximum absolute atomic E-state index is 14.3. The Labute approximate surface area is 232 Å². The number of hydrogen-bond acceptors (Lipinski definition) is 5. The van der Waals surface area contributed by atoms with Crippen molar-refractivity contribution in [3.63, 3.8) is 0 Å². The third kappa shape index (κ3) is 7.31. The molecular formula is C30H28FN3O5S. The highest BCUT2D eigenvalue weighted by Gasteiger charge is 2.20. The minimum atomic E-state index is -4.11. The number of rotatable bonds is 9. The molecule has 0 bridgehead atoms. The van der Waals surface area contributed by atoms with Crippen LogP contribution >= 0.6 is 0 Å². The molecule has 8 nitrogen and oxygen atoms in total. The summed E-state index contributed by atoms with van der Waals surface area (Å²) < 4.78 is 43.7. The van der Waals surface area contributed by atoms with Gasteiger partial charge in [0.25, 0.3) is 5.91 Å². The van der Waals surface area contributed by atoms with Crippen molar-refractivity contribution in [2.45, 2.75) is 31.5 Å². The van der Waals surface area contributed by atoms with Gasteiger partial charge < -0.3 is 15.4 Å². The number of carbonyl (C=O) groups is 2. The first kappa shape index (κ1) is 28.5. The lowest BCUT2D eigenvalue weighted by Gasteiger charge is -2.16. The van der Waals surface area contributed by atoms with E-state index in [0.29, 0.717) is 16.7 Å². The van der Waals surface area contributed by atoms with E-state index in [-0.39, 0.29) is 35.7 Å². The molecule has 0 aromatic heterocycles. The van der Waals surface area contributed by atoms with Crippen LogP contribution in [-0.4, -0.2) is 20.4 Å². The molecule has 0 atom stereocenters. The molecule has 0 aliphatic heterocycles. The van der Waals surface area contributed by atoms with E-state index in [0.717, 1.165) is 11.1 Å². The van der Waals surface area contributed by atoms with E-state index in [1.165, 1.54) is 24.3 Å². The van der Waals surface area contributed by atoms with Crippen LogP contribution in [0.3, 0.4) is 0 Å². The van der Waals surface area contributed by atoms with Gasteiger partial charge in [0.15, 0.2) is 0 Å². The minimum absolute atomic E-state index is 0.0261. The molecule has 0 saturated carbocycles. The third-order valence-corrected chi connectivity index (χ3v) is 7.07. The molecule has 0 fully saturated rings. The van der Waals surface area contributed by atoms with E-state index in [4.69, 9.17) is 9.88 Å². The summed E-state index contributed by atoms with van der Waals surface area (Å²) in [5.41, 5.74) is 3.53. The SMILES string of the molecule is Cc1ccc(CNC(=O)c2cc(S(N)(=O)=O)ccc2-c2ccccc2CNC(=O)OCc2ccccc2)c(F)c1. The zero-order valence-electron chi connectivity index (χ0n) is 21.7. The maximum atomic E-state index is 14.3. The van der Waals surface area contributed by atoms with Gasteiger partial charge in [0.2, 0.25) is 10.0 Å². The number of nitrogens with one attached hydrogen (secondary N) is 2. The second-order valence-electron chi connectivity index (χ2n) is 9.10. The zero-order chi connectivity index (χ0) is 28.7. The van der Waals surface area contributed by atoms with Gasteiger partial charge in [-0.1, -0.05) is 72.8 Å². The second kappa shape index (κ2) is 12.5. The van der Waals surface area contributed by atoms with Gasteiger partial charge in [-0.15, -0.1) is 0 Å². The third-order valence-electron chi connectivity index (χ3n) is 6.16. The van der Waals surface area contributed by atoms with Gasteiger partial charge >= 0.3 is 6.09 Å². The molecule has 0 unspecified atom stereocenters. The monoisotopic (exact) mass is 561 g/mol. The number of aryl methyl sites for hydroxylation is 1. The summed E-state index contributed by atoms with van der Waals surface area (Å²) in [6, 6.07) is 24.9. The Balaban J connectivity index is 1.58. The number of alkyl carbamates (subject to hydrolysis) is 1. The van der Waals surface area contributed by atoms with Crippen LogP contribution in [0, 0.1) is 12.7 Å². The van der Waals surface area contributed by atoms with Crippen LogP contribution in [0.1, 0.15) is 32.6 Å². The van der Waals surface area contributed by atoms with Gasteiger partial charge in [-0.3, -0.25) is 4.79 Å². The molecule has 0 aliphatic carbocycles. The van der Waals surface area contributed by atoms with Crippen molar-refractivity contribution in [1.82, 2.24) is 10.6 Å². The van der Waals surface area contributed by atoms with Crippen molar-refractivity contribution in [1.29, 1.82) is 0 Å². The number of amides is 2. The Kier molecular flexibility index (Phi) is 8.93. The zero-order valence-corrected chi connectivity index (χ0v) is 22.5. The Hall–Kier alpha value is -4.54. The summed E-state index contributed by atoms with van der Waals surface area (Å²) in [5, 5.41) is 10.7. The summed E-state index contributed by atoms with van der Waals surface area (Å²) >= 11 is 0. The molecule has 0 saturated heterocycles. The highest BCUT2D eigenvalue weighted by molar-refractivity contribution is 7.89.